The maximum absolute atomic E-state index is 12.3. The average molecular weight is 347 g/mol. The highest BCUT2D eigenvalue weighted by Gasteiger charge is 2.40. The van der Waals surface area contributed by atoms with Crippen molar-refractivity contribution in [3.8, 4) is 5.75 Å². The number of imide groups is 1. The van der Waals surface area contributed by atoms with E-state index >= 15 is 0 Å². The molecule has 2 aliphatic heterocycles. The van der Waals surface area contributed by atoms with Crippen LogP contribution in [0.4, 0.5) is 0 Å². The minimum atomic E-state index is -0.402. The average Bonchev–Trinajstić information content (AvgIpc) is 3.18. The first-order valence-corrected chi connectivity index (χ1v) is 8.30. The number of hydrogen-bond donors (Lipinski definition) is 2. The van der Waals surface area contributed by atoms with Gasteiger partial charge < -0.3 is 10.0 Å². The molecule has 2 heterocycles. The number of phenols is 1. The van der Waals surface area contributed by atoms with Gasteiger partial charge >= 0.3 is 0 Å². The first kappa shape index (κ1) is 16.1. The molecule has 0 radical (unpaired) electrons. The molecule has 2 N–H and O–H groups in total. The van der Waals surface area contributed by atoms with E-state index in [4.69, 9.17) is 0 Å². The molecule has 2 aliphatic rings. The van der Waals surface area contributed by atoms with E-state index < -0.39 is 5.91 Å². The van der Waals surface area contributed by atoms with Crippen molar-refractivity contribution in [3.63, 3.8) is 0 Å². The Balaban J connectivity index is 1.69. The quantitative estimate of drug-likeness (QED) is 0.828. The third kappa shape index (κ3) is 2.97. The van der Waals surface area contributed by atoms with Crippen LogP contribution in [0.25, 0.3) is 0 Å². The monoisotopic (exact) mass is 347 g/mol. The van der Waals surface area contributed by atoms with Crippen molar-refractivity contribution in [2.24, 2.45) is 4.99 Å². The molecule has 2 amide bonds. The van der Waals surface area contributed by atoms with Crippen LogP contribution in [0.5, 0.6) is 5.75 Å². The molecule has 130 valence electrons. The summed E-state index contributed by atoms with van der Waals surface area (Å²) in [5, 5.41) is 12.0. The highest BCUT2D eigenvalue weighted by molar-refractivity contribution is 6.17. The van der Waals surface area contributed by atoms with Gasteiger partial charge in [-0.15, -0.1) is 0 Å². The van der Waals surface area contributed by atoms with E-state index in [1.165, 1.54) is 6.08 Å². The van der Waals surface area contributed by atoms with Crippen LogP contribution in [0.1, 0.15) is 17.2 Å². The van der Waals surface area contributed by atoms with E-state index in [-0.39, 0.29) is 23.7 Å². The lowest BCUT2D eigenvalue weighted by molar-refractivity contribution is -0.124. The molecular weight excluding hydrogens is 330 g/mol. The molecule has 6 nitrogen and oxygen atoms in total. The van der Waals surface area contributed by atoms with Crippen LogP contribution in [0.3, 0.4) is 0 Å². The van der Waals surface area contributed by atoms with Crippen molar-refractivity contribution in [2.45, 2.75) is 18.6 Å². The van der Waals surface area contributed by atoms with Crippen molar-refractivity contribution in [1.29, 1.82) is 0 Å². The Labute approximate surface area is 150 Å². The number of nitrogens with zero attached hydrogens (tertiary/aromatic N) is 2. The number of amides is 2. The molecule has 0 aliphatic carbocycles. The Morgan fingerprint density at radius 2 is 1.88 bits per heavy atom. The fraction of sp³-hybridized carbons (Fsp3) is 0.150. The summed E-state index contributed by atoms with van der Waals surface area (Å²) in [5.41, 5.74) is 2.27. The SMILES string of the molecule is O=C1C=C(C2C(c3ccccc3)N=CN2Cc2cccc(O)c2)C(=O)N1. The van der Waals surface area contributed by atoms with Crippen molar-refractivity contribution < 1.29 is 14.7 Å². The predicted octanol–water partition coefficient (Wildman–Crippen LogP) is 1.93. The zero-order valence-corrected chi connectivity index (χ0v) is 13.9. The van der Waals surface area contributed by atoms with Gasteiger partial charge in [0.1, 0.15) is 11.8 Å². The molecule has 26 heavy (non-hydrogen) atoms. The number of nitrogens with one attached hydrogen (secondary N) is 1. The lowest BCUT2D eigenvalue weighted by atomic mass is 9.93. The van der Waals surface area contributed by atoms with Gasteiger partial charge in [0.15, 0.2) is 0 Å². The Morgan fingerprint density at radius 1 is 1.08 bits per heavy atom. The van der Waals surface area contributed by atoms with E-state index in [0.717, 1.165) is 11.1 Å². The third-order valence-electron chi connectivity index (χ3n) is 4.55. The number of rotatable bonds is 4. The molecule has 0 aromatic heterocycles. The molecule has 0 spiro atoms. The van der Waals surface area contributed by atoms with Gasteiger partial charge in [0.05, 0.1) is 12.4 Å². The number of benzene rings is 2. The minimum Gasteiger partial charge on any atom is -0.508 e. The van der Waals surface area contributed by atoms with Crippen molar-refractivity contribution in [1.82, 2.24) is 10.2 Å². The molecule has 6 heteroatoms. The van der Waals surface area contributed by atoms with Gasteiger partial charge in [0.2, 0.25) is 0 Å². The van der Waals surface area contributed by atoms with E-state index in [9.17, 15) is 14.7 Å². The fourth-order valence-electron chi connectivity index (χ4n) is 3.41. The first-order valence-electron chi connectivity index (χ1n) is 8.30. The molecule has 2 atom stereocenters. The number of phenolic OH excluding ortho intramolecular Hbond substituents is 1. The molecule has 2 unspecified atom stereocenters. The molecule has 2 aromatic rings. The topological polar surface area (TPSA) is 82.0 Å². The lowest BCUT2D eigenvalue weighted by Crippen LogP contribution is -2.38. The maximum atomic E-state index is 12.3. The molecule has 0 fully saturated rings. The lowest BCUT2D eigenvalue weighted by Gasteiger charge is -2.28. The van der Waals surface area contributed by atoms with Gasteiger partial charge in [-0.1, -0.05) is 42.5 Å². The number of carbonyl (C=O) groups excluding carboxylic acids is 2. The second kappa shape index (κ2) is 6.48. The van der Waals surface area contributed by atoms with Crippen molar-refractivity contribution in [2.75, 3.05) is 0 Å². The summed E-state index contributed by atoms with van der Waals surface area (Å²) in [6, 6.07) is 16.0. The zero-order valence-electron chi connectivity index (χ0n) is 13.9. The standard InChI is InChI=1S/C20H17N3O3/c24-15-8-4-5-13(9-15)11-23-12-21-18(14-6-2-1-3-7-14)19(23)16-10-17(25)22-20(16)26/h1-10,12,18-19,24H,11H2,(H,22,25,26). The van der Waals surface area contributed by atoms with Crippen LogP contribution in [0.15, 0.2) is 71.2 Å². The van der Waals surface area contributed by atoms with E-state index in [1.807, 2.05) is 41.3 Å². The van der Waals surface area contributed by atoms with E-state index in [0.29, 0.717) is 12.1 Å². The van der Waals surface area contributed by atoms with Gasteiger partial charge in [-0.3, -0.25) is 19.9 Å². The Morgan fingerprint density at radius 3 is 2.58 bits per heavy atom. The number of aromatic hydroxyl groups is 1. The summed E-state index contributed by atoms with van der Waals surface area (Å²) in [5.74, 6) is -0.601. The smallest absolute Gasteiger partial charge is 0.256 e. The van der Waals surface area contributed by atoms with Crippen LogP contribution in [-0.2, 0) is 16.1 Å². The second-order valence-corrected chi connectivity index (χ2v) is 6.33. The second-order valence-electron chi connectivity index (χ2n) is 6.33. The Hall–Kier alpha value is -3.41. The molecule has 2 aromatic carbocycles. The van der Waals surface area contributed by atoms with Crippen LogP contribution >= 0.6 is 0 Å². The summed E-state index contributed by atoms with van der Waals surface area (Å²) in [7, 11) is 0. The van der Waals surface area contributed by atoms with Crippen LogP contribution in [0.2, 0.25) is 0 Å². The van der Waals surface area contributed by atoms with Crippen LogP contribution in [-0.4, -0.2) is 34.2 Å². The van der Waals surface area contributed by atoms with Gasteiger partial charge in [-0.2, -0.15) is 0 Å². The number of carbonyl (C=O) groups is 2. The van der Waals surface area contributed by atoms with Gasteiger partial charge in [0.25, 0.3) is 11.8 Å². The largest absolute Gasteiger partial charge is 0.508 e. The van der Waals surface area contributed by atoms with Crippen LogP contribution in [0, 0.1) is 0 Å². The summed E-state index contributed by atoms with van der Waals surface area (Å²) in [4.78, 5) is 30.5. The fourth-order valence-corrected chi connectivity index (χ4v) is 3.41. The highest BCUT2D eigenvalue weighted by Crippen LogP contribution is 2.35. The van der Waals surface area contributed by atoms with E-state index in [1.54, 1.807) is 24.5 Å². The Kier molecular flexibility index (Phi) is 4.01. The summed E-state index contributed by atoms with van der Waals surface area (Å²) >= 11 is 0. The minimum absolute atomic E-state index is 0.183. The maximum Gasteiger partial charge on any atom is 0.256 e. The molecule has 4 rings (SSSR count). The molecular formula is C20H17N3O3. The third-order valence-corrected chi connectivity index (χ3v) is 4.55. The van der Waals surface area contributed by atoms with Gasteiger partial charge in [-0.05, 0) is 23.3 Å². The zero-order chi connectivity index (χ0) is 18.1. The number of aliphatic imine (C=N–C) groups is 1. The first-order chi connectivity index (χ1) is 12.6. The molecule has 0 saturated heterocycles. The van der Waals surface area contributed by atoms with E-state index in [2.05, 4.69) is 10.3 Å². The molecule has 0 bridgehead atoms. The summed E-state index contributed by atoms with van der Waals surface area (Å²) in [6.07, 6.45) is 3.07. The summed E-state index contributed by atoms with van der Waals surface area (Å²) in [6.45, 7) is 0.463. The van der Waals surface area contributed by atoms with Gasteiger partial charge in [0, 0.05) is 18.2 Å². The predicted molar refractivity (Wildman–Crippen MR) is 96.3 cm³/mol. The normalized spacial score (nSPS) is 21.8. The van der Waals surface area contributed by atoms with Crippen molar-refractivity contribution >= 4 is 18.2 Å². The number of hydrogen-bond acceptors (Lipinski definition) is 5. The Bertz CT molecular complexity index is 921. The molecule has 0 saturated carbocycles. The van der Waals surface area contributed by atoms with Gasteiger partial charge in [-0.25, -0.2) is 0 Å². The summed E-state index contributed by atoms with van der Waals surface area (Å²) < 4.78 is 0. The highest BCUT2D eigenvalue weighted by atomic mass is 16.3. The van der Waals surface area contributed by atoms with Crippen molar-refractivity contribution in [3.05, 3.63) is 77.4 Å². The van der Waals surface area contributed by atoms with Crippen LogP contribution < -0.4 is 5.32 Å².